The smallest absolute Gasteiger partial charge is 0.243 e. The van der Waals surface area contributed by atoms with Crippen molar-refractivity contribution in [1.82, 2.24) is 4.72 Å². The molecule has 1 aliphatic heterocycles. The van der Waals surface area contributed by atoms with Crippen LogP contribution in [0.25, 0.3) is 0 Å². The number of halogens is 1. The van der Waals surface area contributed by atoms with E-state index in [1.807, 2.05) is 0 Å². The molecule has 0 aliphatic carbocycles. The predicted molar refractivity (Wildman–Crippen MR) is 70.0 cm³/mol. The highest BCUT2D eigenvalue weighted by Gasteiger charge is 2.22. The number of rotatable bonds is 5. The fourth-order valence-electron chi connectivity index (χ4n) is 1.82. The molecule has 0 aromatic heterocycles. The molecular weight excluding hydrogens is 287 g/mol. The van der Waals surface area contributed by atoms with Crippen LogP contribution >= 0.6 is 0 Å². The number of ether oxygens (including phenoxy) is 2. The molecule has 1 heterocycles. The molecule has 1 aliphatic rings. The summed E-state index contributed by atoms with van der Waals surface area (Å²) in [6.07, 6.45) is -0.357. The molecule has 2 rings (SSSR count). The van der Waals surface area contributed by atoms with Crippen molar-refractivity contribution < 1.29 is 22.3 Å². The second kappa shape index (κ2) is 6.59. The van der Waals surface area contributed by atoms with Crippen LogP contribution in [0.4, 0.5) is 4.39 Å². The Labute approximate surface area is 117 Å². The number of sulfonamides is 1. The molecule has 0 bridgehead atoms. The Morgan fingerprint density at radius 2 is 2.20 bits per heavy atom. The summed E-state index contributed by atoms with van der Waals surface area (Å²) in [6.45, 7) is 1.43. The van der Waals surface area contributed by atoms with Gasteiger partial charge in [-0.05, 0) is 17.7 Å². The molecule has 1 atom stereocenters. The average molecular weight is 304 g/mol. The molecule has 1 aromatic carbocycles. The fourth-order valence-corrected chi connectivity index (χ4v) is 2.95. The lowest BCUT2D eigenvalue weighted by molar-refractivity contribution is -0.0847. The summed E-state index contributed by atoms with van der Waals surface area (Å²) in [6, 6.07) is 3.81. The van der Waals surface area contributed by atoms with Crippen molar-refractivity contribution in [2.24, 2.45) is 5.73 Å². The van der Waals surface area contributed by atoms with Gasteiger partial charge in [-0.2, -0.15) is 0 Å². The largest absolute Gasteiger partial charge is 0.376 e. The van der Waals surface area contributed by atoms with E-state index in [0.717, 1.165) is 6.07 Å². The van der Waals surface area contributed by atoms with Crippen LogP contribution in [0.2, 0.25) is 0 Å². The van der Waals surface area contributed by atoms with Crippen LogP contribution in [0.5, 0.6) is 0 Å². The average Bonchev–Trinajstić information content (AvgIpc) is 2.46. The van der Waals surface area contributed by atoms with E-state index in [2.05, 4.69) is 4.72 Å². The Balaban J connectivity index is 2.05. The Bertz CT molecular complexity index is 559. The van der Waals surface area contributed by atoms with E-state index in [9.17, 15) is 12.8 Å². The zero-order valence-electron chi connectivity index (χ0n) is 10.8. The minimum absolute atomic E-state index is 0.0421. The lowest BCUT2D eigenvalue weighted by Crippen LogP contribution is -2.39. The predicted octanol–water partition coefficient (Wildman–Crippen LogP) is -0.0219. The third kappa shape index (κ3) is 3.74. The van der Waals surface area contributed by atoms with Gasteiger partial charge in [0.25, 0.3) is 0 Å². The maximum absolute atomic E-state index is 13.8. The molecule has 0 spiro atoms. The molecule has 112 valence electrons. The van der Waals surface area contributed by atoms with Crippen LogP contribution in [0.1, 0.15) is 5.56 Å². The van der Waals surface area contributed by atoms with Crippen LogP contribution in [-0.4, -0.2) is 40.9 Å². The van der Waals surface area contributed by atoms with Crippen LogP contribution in [0, 0.1) is 5.82 Å². The Hall–Kier alpha value is -1.06. The van der Waals surface area contributed by atoms with E-state index in [0.29, 0.717) is 25.4 Å². The second-order valence-electron chi connectivity index (χ2n) is 4.39. The van der Waals surface area contributed by atoms with Gasteiger partial charge in [0.2, 0.25) is 10.0 Å². The number of nitrogens with two attached hydrogens (primary N) is 1. The van der Waals surface area contributed by atoms with Gasteiger partial charge in [-0.25, -0.2) is 17.5 Å². The topological polar surface area (TPSA) is 90.7 Å². The Kier molecular flexibility index (Phi) is 5.06. The van der Waals surface area contributed by atoms with Crippen molar-refractivity contribution >= 4 is 10.0 Å². The SMILES string of the molecule is NCc1ccc(S(=O)(=O)NCC2COCCO2)c(F)c1. The lowest BCUT2D eigenvalue weighted by Gasteiger charge is -2.23. The molecule has 1 saturated heterocycles. The molecule has 0 amide bonds. The maximum atomic E-state index is 13.8. The van der Waals surface area contributed by atoms with Gasteiger partial charge >= 0.3 is 0 Å². The lowest BCUT2D eigenvalue weighted by atomic mass is 10.2. The zero-order valence-corrected chi connectivity index (χ0v) is 11.7. The first-order chi connectivity index (χ1) is 9.53. The zero-order chi connectivity index (χ0) is 14.6. The minimum Gasteiger partial charge on any atom is -0.376 e. The molecule has 1 unspecified atom stereocenters. The molecule has 1 aromatic rings. The standard InChI is InChI=1S/C12H17FN2O4S/c13-11-5-9(6-14)1-2-12(11)20(16,17)15-7-10-8-18-3-4-19-10/h1-2,5,10,15H,3-4,6-8,14H2. The molecule has 6 nitrogen and oxygen atoms in total. The first-order valence-electron chi connectivity index (χ1n) is 6.20. The molecule has 8 heteroatoms. The van der Waals surface area contributed by atoms with Gasteiger partial charge < -0.3 is 15.2 Å². The number of hydrogen-bond donors (Lipinski definition) is 2. The van der Waals surface area contributed by atoms with Gasteiger partial charge in [-0.3, -0.25) is 0 Å². The molecule has 20 heavy (non-hydrogen) atoms. The third-order valence-corrected chi connectivity index (χ3v) is 4.36. The van der Waals surface area contributed by atoms with E-state index >= 15 is 0 Å². The van der Waals surface area contributed by atoms with Crippen molar-refractivity contribution in [3.8, 4) is 0 Å². The van der Waals surface area contributed by atoms with E-state index in [1.165, 1.54) is 12.1 Å². The summed E-state index contributed by atoms with van der Waals surface area (Å²) in [5.74, 6) is -0.818. The van der Waals surface area contributed by atoms with Crippen molar-refractivity contribution in [3.05, 3.63) is 29.6 Å². The van der Waals surface area contributed by atoms with Gasteiger partial charge in [0.15, 0.2) is 0 Å². The highest BCUT2D eigenvalue weighted by Crippen LogP contribution is 2.16. The summed E-state index contributed by atoms with van der Waals surface area (Å²) in [7, 11) is -3.92. The number of nitrogens with one attached hydrogen (secondary N) is 1. The van der Waals surface area contributed by atoms with Gasteiger partial charge in [0.05, 0.1) is 25.9 Å². The van der Waals surface area contributed by atoms with Crippen LogP contribution in [0.15, 0.2) is 23.1 Å². The monoisotopic (exact) mass is 304 g/mol. The Morgan fingerprint density at radius 1 is 1.40 bits per heavy atom. The van der Waals surface area contributed by atoms with E-state index < -0.39 is 20.7 Å². The summed E-state index contributed by atoms with van der Waals surface area (Å²) in [4.78, 5) is -0.397. The summed E-state index contributed by atoms with van der Waals surface area (Å²) in [5, 5.41) is 0. The third-order valence-electron chi connectivity index (χ3n) is 2.91. The molecule has 1 fully saturated rings. The van der Waals surface area contributed by atoms with E-state index in [4.69, 9.17) is 15.2 Å². The van der Waals surface area contributed by atoms with Crippen molar-refractivity contribution in [2.75, 3.05) is 26.4 Å². The van der Waals surface area contributed by atoms with Gasteiger partial charge in [0, 0.05) is 13.1 Å². The summed E-state index contributed by atoms with van der Waals surface area (Å²) < 4.78 is 50.6. The van der Waals surface area contributed by atoms with Gasteiger partial charge in [-0.15, -0.1) is 0 Å². The normalized spacial score (nSPS) is 20.0. The first-order valence-corrected chi connectivity index (χ1v) is 7.69. The molecule has 0 radical (unpaired) electrons. The van der Waals surface area contributed by atoms with E-state index in [-0.39, 0.29) is 19.2 Å². The minimum atomic E-state index is -3.92. The fraction of sp³-hybridized carbons (Fsp3) is 0.500. The van der Waals surface area contributed by atoms with Crippen molar-refractivity contribution in [1.29, 1.82) is 0 Å². The molecule has 3 N–H and O–H groups in total. The Morgan fingerprint density at radius 3 is 2.80 bits per heavy atom. The summed E-state index contributed by atoms with van der Waals surface area (Å²) in [5.41, 5.74) is 5.90. The molecular formula is C12H17FN2O4S. The van der Waals surface area contributed by atoms with Crippen molar-refractivity contribution in [2.45, 2.75) is 17.5 Å². The second-order valence-corrected chi connectivity index (χ2v) is 6.12. The van der Waals surface area contributed by atoms with Gasteiger partial charge in [0.1, 0.15) is 10.7 Å². The highest BCUT2D eigenvalue weighted by molar-refractivity contribution is 7.89. The van der Waals surface area contributed by atoms with Crippen LogP contribution < -0.4 is 10.5 Å². The first kappa shape index (κ1) is 15.3. The van der Waals surface area contributed by atoms with Crippen molar-refractivity contribution in [3.63, 3.8) is 0 Å². The molecule has 0 saturated carbocycles. The van der Waals surface area contributed by atoms with Crippen LogP contribution in [-0.2, 0) is 26.0 Å². The maximum Gasteiger partial charge on any atom is 0.243 e. The van der Waals surface area contributed by atoms with E-state index in [1.54, 1.807) is 0 Å². The number of hydrogen-bond acceptors (Lipinski definition) is 5. The van der Waals surface area contributed by atoms with Crippen LogP contribution in [0.3, 0.4) is 0 Å². The number of benzene rings is 1. The van der Waals surface area contributed by atoms with Gasteiger partial charge in [-0.1, -0.05) is 6.07 Å². The summed E-state index contributed by atoms with van der Waals surface area (Å²) >= 11 is 0. The highest BCUT2D eigenvalue weighted by atomic mass is 32.2. The quantitative estimate of drug-likeness (QED) is 0.798.